The quantitative estimate of drug-likeness (QED) is 0.825. The average molecular weight is 250 g/mol. The molecule has 0 saturated heterocycles. The lowest BCUT2D eigenvalue weighted by molar-refractivity contribution is 0.571. The molecule has 0 spiro atoms. The van der Waals surface area contributed by atoms with Gasteiger partial charge in [0.05, 0.1) is 10.6 Å². The number of nitrogens with zero attached hydrogens (tertiary/aromatic N) is 1. The topological polar surface area (TPSA) is 38.1 Å². The van der Waals surface area contributed by atoms with E-state index in [2.05, 4.69) is 37.1 Å². The summed E-state index contributed by atoms with van der Waals surface area (Å²) in [6.45, 7) is 8.18. The molecule has 2 aromatic rings. The number of aromatic nitrogens is 1. The van der Waals surface area contributed by atoms with Crippen molar-refractivity contribution in [3.63, 3.8) is 0 Å². The summed E-state index contributed by atoms with van der Waals surface area (Å²) < 4.78 is 5.51. The van der Waals surface area contributed by atoms with Gasteiger partial charge >= 0.3 is 0 Å². The lowest BCUT2D eigenvalue weighted by Crippen LogP contribution is -2.13. The van der Waals surface area contributed by atoms with Crippen LogP contribution >= 0.6 is 11.3 Å². The molecule has 4 heteroatoms. The van der Waals surface area contributed by atoms with E-state index in [1.54, 1.807) is 17.6 Å². The van der Waals surface area contributed by atoms with Crippen molar-refractivity contribution in [2.24, 2.45) is 0 Å². The molecule has 0 bridgehead atoms. The van der Waals surface area contributed by atoms with Gasteiger partial charge in [0.25, 0.3) is 0 Å². The van der Waals surface area contributed by atoms with Crippen molar-refractivity contribution in [2.45, 2.75) is 33.7 Å². The molecule has 17 heavy (non-hydrogen) atoms. The Bertz CT molecular complexity index is 468. The van der Waals surface area contributed by atoms with E-state index in [1.807, 2.05) is 0 Å². The molecule has 3 nitrogen and oxygen atoms in total. The van der Waals surface area contributed by atoms with Gasteiger partial charge in [-0.15, -0.1) is 11.3 Å². The fourth-order valence-corrected chi connectivity index (χ4v) is 2.54. The first-order chi connectivity index (χ1) is 8.20. The zero-order valence-corrected chi connectivity index (χ0v) is 11.4. The van der Waals surface area contributed by atoms with Crippen molar-refractivity contribution < 1.29 is 4.42 Å². The minimum Gasteiger partial charge on any atom is -0.444 e. The highest BCUT2D eigenvalue weighted by Gasteiger charge is 2.10. The minimum atomic E-state index is 0.736. The van der Waals surface area contributed by atoms with E-state index in [4.69, 9.17) is 4.42 Å². The van der Waals surface area contributed by atoms with Crippen LogP contribution in [-0.2, 0) is 6.54 Å². The number of hydrogen-bond donors (Lipinski definition) is 1. The van der Waals surface area contributed by atoms with Crippen molar-refractivity contribution in [3.05, 3.63) is 28.5 Å². The van der Waals surface area contributed by atoms with Gasteiger partial charge in [-0.25, -0.2) is 4.98 Å². The minimum absolute atomic E-state index is 0.736. The Morgan fingerprint density at radius 1 is 1.41 bits per heavy atom. The smallest absolute Gasteiger partial charge is 0.236 e. The Morgan fingerprint density at radius 2 is 2.24 bits per heavy atom. The van der Waals surface area contributed by atoms with Crippen LogP contribution in [0.1, 0.15) is 29.5 Å². The van der Waals surface area contributed by atoms with Crippen LogP contribution in [0.15, 0.2) is 16.7 Å². The molecule has 92 valence electrons. The summed E-state index contributed by atoms with van der Waals surface area (Å²) in [7, 11) is 0. The molecule has 2 heterocycles. The Labute approximate surface area is 106 Å². The third-order valence-corrected chi connectivity index (χ3v) is 3.80. The van der Waals surface area contributed by atoms with E-state index < -0.39 is 0 Å². The van der Waals surface area contributed by atoms with E-state index in [0.717, 1.165) is 36.0 Å². The van der Waals surface area contributed by atoms with Crippen LogP contribution in [0, 0.1) is 13.8 Å². The van der Waals surface area contributed by atoms with Gasteiger partial charge < -0.3 is 9.73 Å². The number of hydrogen-bond acceptors (Lipinski definition) is 4. The summed E-state index contributed by atoms with van der Waals surface area (Å²) in [5.41, 5.74) is 2.27. The molecule has 0 aliphatic carbocycles. The summed E-state index contributed by atoms with van der Waals surface area (Å²) >= 11 is 1.73. The van der Waals surface area contributed by atoms with E-state index in [1.165, 1.54) is 10.4 Å². The highest BCUT2D eigenvalue weighted by molar-refractivity contribution is 7.15. The second kappa shape index (κ2) is 5.47. The molecule has 2 rings (SSSR count). The Kier molecular flexibility index (Phi) is 3.97. The van der Waals surface area contributed by atoms with Crippen molar-refractivity contribution >= 4 is 11.3 Å². The predicted molar refractivity (Wildman–Crippen MR) is 71.3 cm³/mol. The van der Waals surface area contributed by atoms with E-state index in [-0.39, 0.29) is 0 Å². The van der Waals surface area contributed by atoms with Crippen molar-refractivity contribution in [1.82, 2.24) is 10.3 Å². The Hall–Kier alpha value is -1.13. The normalized spacial score (nSPS) is 11.0. The number of aryl methyl sites for hydroxylation is 2. The number of nitrogens with one attached hydrogen (secondary N) is 1. The lowest BCUT2D eigenvalue weighted by atomic mass is 10.3. The molecule has 0 atom stereocenters. The van der Waals surface area contributed by atoms with Gasteiger partial charge in [0.15, 0.2) is 0 Å². The molecule has 1 N–H and O–H groups in total. The van der Waals surface area contributed by atoms with Crippen LogP contribution in [0.2, 0.25) is 0 Å². The third-order valence-electron chi connectivity index (χ3n) is 2.66. The second-order valence-corrected chi connectivity index (χ2v) is 5.43. The zero-order valence-electron chi connectivity index (χ0n) is 10.5. The Morgan fingerprint density at radius 3 is 2.88 bits per heavy atom. The molecular weight excluding hydrogens is 232 g/mol. The van der Waals surface area contributed by atoms with Crippen LogP contribution in [0.5, 0.6) is 0 Å². The van der Waals surface area contributed by atoms with Gasteiger partial charge in [-0.05, 0) is 38.4 Å². The van der Waals surface area contributed by atoms with Gasteiger partial charge in [-0.3, -0.25) is 0 Å². The van der Waals surface area contributed by atoms with Gasteiger partial charge in [0.2, 0.25) is 5.89 Å². The first-order valence-electron chi connectivity index (χ1n) is 5.93. The standard InChI is InChI=1S/C13H18N2OS/c1-4-5-14-7-11-8-16-13(15-11)12-6-9(2)10(3)17-12/h6,8,14H,4-5,7H2,1-3H3. The van der Waals surface area contributed by atoms with Gasteiger partial charge in [0, 0.05) is 11.4 Å². The van der Waals surface area contributed by atoms with E-state index in [9.17, 15) is 0 Å². The van der Waals surface area contributed by atoms with Gasteiger partial charge in [-0.2, -0.15) is 0 Å². The van der Waals surface area contributed by atoms with Crippen molar-refractivity contribution in [2.75, 3.05) is 6.54 Å². The fraction of sp³-hybridized carbons (Fsp3) is 0.462. The van der Waals surface area contributed by atoms with E-state index >= 15 is 0 Å². The monoisotopic (exact) mass is 250 g/mol. The summed E-state index contributed by atoms with van der Waals surface area (Å²) in [5, 5.41) is 3.31. The summed E-state index contributed by atoms with van der Waals surface area (Å²) in [6, 6.07) is 2.13. The fourth-order valence-electron chi connectivity index (χ4n) is 1.57. The van der Waals surface area contributed by atoms with Crippen LogP contribution < -0.4 is 5.32 Å². The van der Waals surface area contributed by atoms with Gasteiger partial charge in [0.1, 0.15) is 6.26 Å². The predicted octanol–water partition coefficient (Wildman–Crippen LogP) is 3.52. The highest BCUT2D eigenvalue weighted by atomic mass is 32.1. The highest BCUT2D eigenvalue weighted by Crippen LogP contribution is 2.29. The van der Waals surface area contributed by atoms with Crippen LogP contribution in [0.25, 0.3) is 10.8 Å². The zero-order chi connectivity index (χ0) is 12.3. The largest absolute Gasteiger partial charge is 0.444 e. The average Bonchev–Trinajstić information content (AvgIpc) is 2.88. The molecular formula is C13H18N2OS. The number of oxazole rings is 1. The van der Waals surface area contributed by atoms with Crippen molar-refractivity contribution in [3.8, 4) is 10.8 Å². The van der Waals surface area contributed by atoms with Crippen molar-refractivity contribution in [1.29, 1.82) is 0 Å². The molecule has 2 aromatic heterocycles. The molecule has 0 aliphatic rings. The summed E-state index contributed by atoms with van der Waals surface area (Å²) in [4.78, 5) is 6.92. The van der Waals surface area contributed by atoms with Crippen LogP contribution in [0.4, 0.5) is 0 Å². The maximum absolute atomic E-state index is 5.51. The molecule has 0 aliphatic heterocycles. The molecule has 0 fully saturated rings. The van der Waals surface area contributed by atoms with Crippen LogP contribution in [-0.4, -0.2) is 11.5 Å². The molecule has 0 radical (unpaired) electrons. The van der Waals surface area contributed by atoms with E-state index in [0.29, 0.717) is 0 Å². The first-order valence-corrected chi connectivity index (χ1v) is 6.75. The SMILES string of the molecule is CCCNCc1coc(-c2cc(C)c(C)s2)n1. The number of rotatable bonds is 5. The Balaban J connectivity index is 2.07. The summed E-state index contributed by atoms with van der Waals surface area (Å²) in [5.74, 6) is 0.736. The second-order valence-electron chi connectivity index (χ2n) is 4.17. The third kappa shape index (κ3) is 2.96. The lowest BCUT2D eigenvalue weighted by Gasteiger charge is -1.96. The van der Waals surface area contributed by atoms with Crippen LogP contribution in [0.3, 0.4) is 0 Å². The summed E-state index contributed by atoms with van der Waals surface area (Å²) in [6.07, 6.45) is 2.87. The first kappa shape index (κ1) is 12.3. The molecule has 0 unspecified atom stereocenters. The number of thiophene rings is 1. The van der Waals surface area contributed by atoms with Gasteiger partial charge in [-0.1, -0.05) is 6.92 Å². The maximum atomic E-state index is 5.51. The molecule has 0 amide bonds. The molecule has 0 aromatic carbocycles. The molecule has 0 saturated carbocycles. The maximum Gasteiger partial charge on any atom is 0.236 e.